The van der Waals surface area contributed by atoms with Crippen molar-refractivity contribution in [1.29, 1.82) is 0 Å². The van der Waals surface area contributed by atoms with Crippen molar-refractivity contribution in [3.05, 3.63) is 47.7 Å². The molecule has 0 atom stereocenters. The molecule has 0 fully saturated rings. The summed E-state index contributed by atoms with van der Waals surface area (Å²) >= 11 is 0. The minimum absolute atomic E-state index is 0.0445. The van der Waals surface area contributed by atoms with E-state index in [0.717, 1.165) is 5.39 Å². The van der Waals surface area contributed by atoms with Gasteiger partial charge in [0.25, 0.3) is 5.91 Å². The van der Waals surface area contributed by atoms with E-state index in [1.165, 1.54) is 14.2 Å². The summed E-state index contributed by atoms with van der Waals surface area (Å²) in [5.41, 5.74) is 1.57. The van der Waals surface area contributed by atoms with Crippen LogP contribution in [-0.4, -0.2) is 39.8 Å². The van der Waals surface area contributed by atoms with Crippen LogP contribution in [0.15, 0.2) is 40.8 Å². The second-order valence-electron chi connectivity index (χ2n) is 6.11. The molecule has 1 heterocycles. The number of nitrogens with one attached hydrogen (secondary N) is 1. The number of anilines is 1. The van der Waals surface area contributed by atoms with Crippen LogP contribution in [0.1, 0.15) is 16.1 Å². The average Bonchev–Trinajstić information content (AvgIpc) is 3.08. The molecular weight excluding hydrogens is 378 g/mol. The van der Waals surface area contributed by atoms with Crippen LogP contribution in [0.25, 0.3) is 11.0 Å². The van der Waals surface area contributed by atoms with E-state index in [4.69, 9.17) is 23.4 Å². The molecule has 0 saturated carbocycles. The highest BCUT2D eigenvalue weighted by Gasteiger charge is 2.21. The molecule has 2 aromatic carbocycles. The summed E-state index contributed by atoms with van der Waals surface area (Å²) in [4.78, 5) is 24.6. The Kier molecular flexibility index (Phi) is 5.92. The number of carbonyl (C=O) groups is 2. The minimum atomic E-state index is -0.727. The molecule has 0 aliphatic rings. The van der Waals surface area contributed by atoms with Gasteiger partial charge in [-0.15, -0.1) is 0 Å². The van der Waals surface area contributed by atoms with E-state index in [0.29, 0.717) is 34.1 Å². The van der Waals surface area contributed by atoms with Gasteiger partial charge in [0.2, 0.25) is 5.76 Å². The number of hydrogen-bond acceptors (Lipinski definition) is 7. The average molecular weight is 399 g/mol. The van der Waals surface area contributed by atoms with Crippen LogP contribution in [0.4, 0.5) is 5.69 Å². The third-order valence-corrected chi connectivity index (χ3v) is 4.35. The third-order valence-electron chi connectivity index (χ3n) is 4.35. The molecule has 3 rings (SSSR count). The fraction of sp³-hybridized carbons (Fsp3) is 0.238. The summed E-state index contributed by atoms with van der Waals surface area (Å²) in [6, 6.07) is 10.2. The van der Waals surface area contributed by atoms with Gasteiger partial charge in [-0.3, -0.25) is 4.79 Å². The topological polar surface area (TPSA) is 96.2 Å². The molecule has 0 radical (unpaired) electrons. The Morgan fingerprint density at radius 1 is 0.966 bits per heavy atom. The van der Waals surface area contributed by atoms with Gasteiger partial charge in [0.15, 0.2) is 6.61 Å². The lowest BCUT2D eigenvalue weighted by Gasteiger charge is -2.11. The maximum absolute atomic E-state index is 12.4. The van der Waals surface area contributed by atoms with Gasteiger partial charge in [0.05, 0.1) is 27.0 Å². The van der Waals surface area contributed by atoms with E-state index in [1.807, 2.05) is 0 Å². The molecule has 0 saturated heterocycles. The smallest absolute Gasteiger partial charge is 0.375 e. The molecule has 0 bridgehead atoms. The van der Waals surface area contributed by atoms with Crippen molar-refractivity contribution in [1.82, 2.24) is 0 Å². The second-order valence-corrected chi connectivity index (χ2v) is 6.11. The first-order chi connectivity index (χ1) is 14.0. The lowest BCUT2D eigenvalue weighted by atomic mass is 10.1. The van der Waals surface area contributed by atoms with Crippen molar-refractivity contribution in [2.75, 3.05) is 33.3 Å². The highest BCUT2D eigenvalue weighted by molar-refractivity contribution is 5.99. The number of methoxy groups -OCH3 is 3. The SMILES string of the molecule is COc1ccc(NC(=O)COC(=O)c2oc3ccc(OC)cc3c2C)c(OC)c1. The Labute approximate surface area is 167 Å². The molecule has 8 heteroatoms. The lowest BCUT2D eigenvalue weighted by Crippen LogP contribution is -2.21. The normalized spacial score (nSPS) is 10.5. The summed E-state index contributed by atoms with van der Waals surface area (Å²) in [6.07, 6.45) is 0. The first-order valence-corrected chi connectivity index (χ1v) is 8.73. The highest BCUT2D eigenvalue weighted by Crippen LogP contribution is 2.30. The fourth-order valence-electron chi connectivity index (χ4n) is 2.81. The van der Waals surface area contributed by atoms with Gasteiger partial charge >= 0.3 is 5.97 Å². The van der Waals surface area contributed by atoms with Crippen molar-refractivity contribution in [3.63, 3.8) is 0 Å². The van der Waals surface area contributed by atoms with E-state index in [-0.39, 0.29) is 5.76 Å². The van der Waals surface area contributed by atoms with Crippen LogP contribution < -0.4 is 19.5 Å². The summed E-state index contributed by atoms with van der Waals surface area (Å²) in [5.74, 6) is 0.457. The van der Waals surface area contributed by atoms with Gasteiger partial charge in [-0.1, -0.05) is 0 Å². The number of carbonyl (C=O) groups excluding carboxylic acids is 2. The van der Waals surface area contributed by atoms with Crippen LogP contribution >= 0.6 is 0 Å². The molecule has 0 aliphatic carbocycles. The summed E-state index contributed by atoms with van der Waals surface area (Å²) in [7, 11) is 4.56. The molecule has 3 aromatic rings. The summed E-state index contributed by atoms with van der Waals surface area (Å²) < 4.78 is 26.2. The number of esters is 1. The molecule has 152 valence electrons. The molecular formula is C21H21NO7. The van der Waals surface area contributed by atoms with E-state index >= 15 is 0 Å². The highest BCUT2D eigenvalue weighted by atomic mass is 16.5. The molecule has 0 spiro atoms. The van der Waals surface area contributed by atoms with E-state index < -0.39 is 18.5 Å². The van der Waals surface area contributed by atoms with Crippen molar-refractivity contribution in [2.24, 2.45) is 0 Å². The van der Waals surface area contributed by atoms with Crippen molar-refractivity contribution >= 4 is 28.5 Å². The first kappa shape index (κ1) is 20.1. The maximum Gasteiger partial charge on any atom is 0.375 e. The second kappa shape index (κ2) is 8.55. The van der Waals surface area contributed by atoms with Gasteiger partial charge in [-0.2, -0.15) is 0 Å². The number of benzene rings is 2. The Balaban J connectivity index is 1.67. The van der Waals surface area contributed by atoms with Crippen LogP contribution in [0, 0.1) is 6.92 Å². The third kappa shape index (κ3) is 4.26. The molecule has 0 unspecified atom stereocenters. The van der Waals surface area contributed by atoms with Crippen LogP contribution in [0.3, 0.4) is 0 Å². The van der Waals surface area contributed by atoms with E-state index in [9.17, 15) is 9.59 Å². The van der Waals surface area contributed by atoms with Crippen molar-refractivity contribution in [3.8, 4) is 17.2 Å². The number of aryl methyl sites for hydroxylation is 1. The zero-order valence-corrected chi connectivity index (χ0v) is 16.5. The zero-order valence-electron chi connectivity index (χ0n) is 16.5. The Hall–Kier alpha value is -3.68. The number of rotatable bonds is 7. The lowest BCUT2D eigenvalue weighted by molar-refractivity contribution is -0.119. The number of ether oxygens (including phenoxy) is 4. The quantitative estimate of drug-likeness (QED) is 0.607. The Morgan fingerprint density at radius 3 is 2.34 bits per heavy atom. The monoisotopic (exact) mass is 399 g/mol. The van der Waals surface area contributed by atoms with Gasteiger partial charge in [0.1, 0.15) is 22.8 Å². The van der Waals surface area contributed by atoms with E-state index in [1.54, 1.807) is 50.4 Å². The number of amides is 1. The van der Waals surface area contributed by atoms with E-state index in [2.05, 4.69) is 5.32 Å². The van der Waals surface area contributed by atoms with Gasteiger partial charge in [-0.25, -0.2) is 4.79 Å². The molecule has 0 aliphatic heterocycles. The number of furan rings is 1. The number of fused-ring (bicyclic) bond motifs is 1. The Bertz CT molecular complexity index is 1050. The predicted octanol–water partition coefficient (Wildman–Crippen LogP) is 3.56. The number of hydrogen-bond donors (Lipinski definition) is 1. The summed E-state index contributed by atoms with van der Waals surface area (Å²) in [5, 5.41) is 3.37. The van der Waals surface area contributed by atoms with Crippen LogP contribution in [0.2, 0.25) is 0 Å². The zero-order chi connectivity index (χ0) is 21.0. The van der Waals surface area contributed by atoms with Crippen molar-refractivity contribution < 1.29 is 33.0 Å². The standard InChI is InChI=1S/C21H21NO7/c1-12-15-9-13(25-2)6-8-17(15)29-20(12)21(24)28-11-19(23)22-16-7-5-14(26-3)10-18(16)27-4/h5-10H,11H2,1-4H3,(H,22,23). The van der Waals surface area contributed by atoms with Crippen molar-refractivity contribution in [2.45, 2.75) is 6.92 Å². The van der Waals surface area contributed by atoms with Crippen LogP contribution in [0.5, 0.6) is 17.2 Å². The molecule has 8 nitrogen and oxygen atoms in total. The van der Waals surface area contributed by atoms with Gasteiger partial charge in [0, 0.05) is 17.0 Å². The molecule has 1 aromatic heterocycles. The fourth-order valence-corrected chi connectivity index (χ4v) is 2.81. The van der Waals surface area contributed by atoms with Gasteiger partial charge in [-0.05, 0) is 37.3 Å². The molecule has 1 N–H and O–H groups in total. The largest absolute Gasteiger partial charge is 0.497 e. The molecule has 1 amide bonds. The summed E-state index contributed by atoms with van der Waals surface area (Å²) in [6.45, 7) is 1.26. The Morgan fingerprint density at radius 2 is 1.66 bits per heavy atom. The van der Waals surface area contributed by atoms with Crippen LogP contribution in [-0.2, 0) is 9.53 Å². The molecule has 29 heavy (non-hydrogen) atoms. The maximum atomic E-state index is 12.4. The first-order valence-electron chi connectivity index (χ1n) is 8.73. The minimum Gasteiger partial charge on any atom is -0.497 e. The van der Waals surface area contributed by atoms with Gasteiger partial charge < -0.3 is 28.7 Å². The predicted molar refractivity (Wildman–Crippen MR) is 106 cm³/mol.